The van der Waals surface area contributed by atoms with Crippen LogP contribution in [0.3, 0.4) is 0 Å². The molecule has 0 N–H and O–H groups in total. The maximum atomic E-state index is 13.2. The van der Waals surface area contributed by atoms with Crippen LogP contribution in [0.25, 0.3) is 23.1 Å². The highest BCUT2D eigenvalue weighted by molar-refractivity contribution is 6.01. The molecule has 0 fully saturated rings. The van der Waals surface area contributed by atoms with Crippen LogP contribution in [0.15, 0.2) is 99.3 Å². The van der Waals surface area contributed by atoms with Crippen LogP contribution >= 0.6 is 0 Å². The van der Waals surface area contributed by atoms with Gasteiger partial charge in [0.15, 0.2) is 11.9 Å². The molecule has 1 aliphatic rings. The van der Waals surface area contributed by atoms with Gasteiger partial charge in [0.2, 0.25) is 11.2 Å². The van der Waals surface area contributed by atoms with Crippen molar-refractivity contribution in [3.8, 4) is 5.75 Å². The first-order chi connectivity index (χ1) is 15.8. The molecule has 1 aliphatic heterocycles. The van der Waals surface area contributed by atoms with Crippen LogP contribution in [0, 0.1) is 0 Å². The van der Waals surface area contributed by atoms with E-state index in [0.717, 1.165) is 16.8 Å². The minimum Gasteiger partial charge on any atom is -0.482 e. The third kappa shape index (κ3) is 4.18. The maximum Gasteiger partial charge on any atom is 0.235 e. The Balaban J connectivity index is 1.39. The van der Waals surface area contributed by atoms with E-state index in [1.54, 1.807) is 18.2 Å². The number of nitrogens with zero attached hydrogens (tertiary/aromatic N) is 1. The summed E-state index contributed by atoms with van der Waals surface area (Å²) in [6, 6.07) is 26.9. The highest BCUT2D eigenvalue weighted by Gasteiger charge is 2.24. The van der Waals surface area contributed by atoms with Gasteiger partial charge in [0.25, 0.3) is 0 Å². The van der Waals surface area contributed by atoms with E-state index in [4.69, 9.17) is 14.0 Å². The molecule has 5 nitrogen and oxygen atoms in total. The molecule has 4 aromatic rings. The molecule has 2 heterocycles. The van der Waals surface area contributed by atoms with Crippen LogP contribution in [0.1, 0.15) is 23.3 Å². The minimum atomic E-state index is -0.276. The number of oxime groups is 1. The van der Waals surface area contributed by atoms with E-state index in [1.807, 2.05) is 78.9 Å². The number of hydrogen-bond acceptors (Lipinski definition) is 5. The third-order valence-electron chi connectivity index (χ3n) is 5.26. The SMILES string of the molecule is O=c1c(OCC2CC(c3ccccc3)=NO2)c(/C=C/c2ccccc2)oc2ccccc12. The fourth-order valence-electron chi connectivity index (χ4n) is 3.62. The first-order valence-electron chi connectivity index (χ1n) is 10.5. The van der Waals surface area contributed by atoms with Gasteiger partial charge in [-0.2, -0.15) is 0 Å². The van der Waals surface area contributed by atoms with Crippen molar-refractivity contribution in [2.24, 2.45) is 5.16 Å². The van der Waals surface area contributed by atoms with Gasteiger partial charge in [0.05, 0.1) is 11.1 Å². The van der Waals surface area contributed by atoms with Crippen LogP contribution in [0.2, 0.25) is 0 Å². The van der Waals surface area contributed by atoms with Crippen LogP contribution in [-0.4, -0.2) is 18.4 Å². The molecule has 0 saturated carbocycles. The van der Waals surface area contributed by atoms with Crippen molar-refractivity contribution in [2.75, 3.05) is 6.61 Å². The molecule has 32 heavy (non-hydrogen) atoms. The lowest BCUT2D eigenvalue weighted by Gasteiger charge is -2.12. The summed E-state index contributed by atoms with van der Waals surface area (Å²) in [6.45, 7) is 0.190. The third-order valence-corrected chi connectivity index (χ3v) is 5.26. The van der Waals surface area contributed by atoms with Crippen LogP contribution < -0.4 is 10.2 Å². The summed E-state index contributed by atoms with van der Waals surface area (Å²) in [6.07, 6.45) is 3.99. The van der Waals surface area contributed by atoms with Crippen molar-refractivity contribution in [1.29, 1.82) is 0 Å². The fraction of sp³-hybridized carbons (Fsp3) is 0.111. The van der Waals surface area contributed by atoms with Crippen molar-refractivity contribution < 1.29 is 14.0 Å². The second kappa shape index (κ2) is 8.94. The molecule has 1 aromatic heterocycles. The summed E-state index contributed by atoms with van der Waals surface area (Å²) in [5.74, 6) is 0.549. The largest absolute Gasteiger partial charge is 0.482 e. The van der Waals surface area contributed by atoms with Crippen molar-refractivity contribution in [1.82, 2.24) is 0 Å². The number of rotatable bonds is 6. The predicted molar refractivity (Wildman–Crippen MR) is 126 cm³/mol. The molecular formula is C27H21NO4. The summed E-state index contributed by atoms with van der Waals surface area (Å²) in [7, 11) is 0. The van der Waals surface area contributed by atoms with Crippen molar-refractivity contribution in [3.05, 3.63) is 112 Å². The van der Waals surface area contributed by atoms with Gasteiger partial charge >= 0.3 is 0 Å². The van der Waals surface area contributed by atoms with Crippen LogP contribution in [0.4, 0.5) is 0 Å². The molecule has 3 aromatic carbocycles. The number of benzene rings is 3. The Morgan fingerprint density at radius 2 is 1.62 bits per heavy atom. The van der Waals surface area contributed by atoms with E-state index in [1.165, 1.54) is 0 Å². The van der Waals surface area contributed by atoms with Gasteiger partial charge in [-0.15, -0.1) is 0 Å². The summed E-state index contributed by atoms with van der Waals surface area (Å²) in [4.78, 5) is 18.7. The number of hydrogen-bond donors (Lipinski definition) is 0. The monoisotopic (exact) mass is 423 g/mol. The minimum absolute atomic E-state index is 0.174. The Labute approximate surface area is 185 Å². The molecule has 0 saturated heterocycles. The summed E-state index contributed by atoms with van der Waals surface area (Å²) < 4.78 is 12.0. The highest BCUT2D eigenvalue weighted by Crippen LogP contribution is 2.25. The van der Waals surface area contributed by atoms with Gasteiger partial charge in [-0.05, 0) is 29.3 Å². The van der Waals surface area contributed by atoms with E-state index in [9.17, 15) is 4.79 Å². The second-order valence-electron chi connectivity index (χ2n) is 7.51. The number of fused-ring (bicyclic) bond motifs is 1. The zero-order valence-corrected chi connectivity index (χ0v) is 17.3. The Hall–Kier alpha value is -4.12. The van der Waals surface area contributed by atoms with Crippen molar-refractivity contribution >= 4 is 28.8 Å². The second-order valence-corrected chi connectivity index (χ2v) is 7.51. The van der Waals surface area contributed by atoms with E-state index >= 15 is 0 Å². The normalized spacial score (nSPS) is 15.6. The van der Waals surface area contributed by atoms with Crippen molar-refractivity contribution in [2.45, 2.75) is 12.5 Å². The highest BCUT2D eigenvalue weighted by atomic mass is 16.7. The molecule has 0 spiro atoms. The average Bonchev–Trinajstić information content (AvgIpc) is 3.33. The van der Waals surface area contributed by atoms with Gasteiger partial charge in [-0.25, -0.2) is 0 Å². The quantitative estimate of drug-likeness (QED) is 0.409. The Morgan fingerprint density at radius 3 is 2.44 bits per heavy atom. The smallest absolute Gasteiger partial charge is 0.235 e. The number of ether oxygens (including phenoxy) is 1. The lowest BCUT2D eigenvalue weighted by atomic mass is 10.1. The molecule has 0 radical (unpaired) electrons. The summed E-state index contributed by atoms with van der Waals surface area (Å²) >= 11 is 0. The summed E-state index contributed by atoms with van der Waals surface area (Å²) in [5.41, 5.74) is 3.20. The molecule has 5 heteroatoms. The molecular weight excluding hydrogens is 402 g/mol. The standard InChI is InChI=1S/C27H21NO4/c29-26-22-13-7-8-14-24(22)31-25(16-15-19-9-3-1-4-10-19)27(26)30-18-21-17-23(28-32-21)20-11-5-2-6-12-20/h1-16,21H,17-18H2/b16-15+. The van der Waals surface area contributed by atoms with Crippen LogP contribution in [0.5, 0.6) is 5.75 Å². The van der Waals surface area contributed by atoms with Gasteiger partial charge in [0, 0.05) is 6.42 Å². The van der Waals surface area contributed by atoms with Crippen molar-refractivity contribution in [3.63, 3.8) is 0 Å². The first kappa shape index (κ1) is 19.8. The predicted octanol–water partition coefficient (Wildman–Crippen LogP) is 5.54. The molecule has 0 aliphatic carbocycles. The Bertz CT molecular complexity index is 1340. The number of para-hydroxylation sites is 1. The first-order valence-corrected chi connectivity index (χ1v) is 10.5. The average molecular weight is 423 g/mol. The lowest BCUT2D eigenvalue weighted by molar-refractivity contribution is 0.0462. The molecule has 5 rings (SSSR count). The van der Waals surface area contributed by atoms with E-state index in [-0.39, 0.29) is 23.9 Å². The maximum absolute atomic E-state index is 13.2. The molecule has 1 unspecified atom stereocenters. The molecule has 1 atom stereocenters. The Kier molecular flexibility index (Phi) is 5.54. The van der Waals surface area contributed by atoms with Gasteiger partial charge in [0.1, 0.15) is 12.2 Å². The van der Waals surface area contributed by atoms with Gasteiger partial charge in [-0.1, -0.05) is 84.0 Å². The summed E-state index contributed by atoms with van der Waals surface area (Å²) in [5, 5.41) is 4.67. The fourth-order valence-corrected chi connectivity index (χ4v) is 3.62. The van der Waals surface area contributed by atoms with E-state index in [0.29, 0.717) is 23.2 Å². The molecule has 0 bridgehead atoms. The zero-order valence-electron chi connectivity index (χ0n) is 17.3. The van der Waals surface area contributed by atoms with Crippen LogP contribution in [-0.2, 0) is 4.84 Å². The topological polar surface area (TPSA) is 61.0 Å². The Morgan fingerprint density at radius 1 is 0.906 bits per heavy atom. The van der Waals surface area contributed by atoms with Gasteiger partial charge in [-0.3, -0.25) is 4.79 Å². The van der Waals surface area contributed by atoms with E-state index in [2.05, 4.69) is 5.16 Å². The molecule has 158 valence electrons. The molecule has 0 amide bonds. The van der Waals surface area contributed by atoms with E-state index < -0.39 is 0 Å². The lowest BCUT2D eigenvalue weighted by Crippen LogP contribution is -2.21. The van der Waals surface area contributed by atoms with Gasteiger partial charge < -0.3 is 14.0 Å². The zero-order chi connectivity index (χ0) is 21.8.